The van der Waals surface area contributed by atoms with Gasteiger partial charge in [0.25, 0.3) is 5.91 Å². The highest BCUT2D eigenvalue weighted by Crippen LogP contribution is 2.25. The van der Waals surface area contributed by atoms with Crippen molar-refractivity contribution in [1.82, 2.24) is 4.98 Å². The van der Waals surface area contributed by atoms with Crippen LogP contribution < -0.4 is 15.7 Å². The number of anilines is 1. The molecule has 4 rings (SSSR count). The molecule has 6 nitrogen and oxygen atoms in total. The van der Waals surface area contributed by atoms with E-state index in [0.29, 0.717) is 33.5 Å². The quantitative estimate of drug-likeness (QED) is 0.479. The van der Waals surface area contributed by atoms with Crippen LogP contribution in [0, 0.1) is 0 Å². The fourth-order valence-electron chi connectivity index (χ4n) is 2.89. The molecule has 1 N–H and O–H groups in total. The zero-order valence-electron chi connectivity index (χ0n) is 15.3. The highest BCUT2D eigenvalue weighted by Gasteiger charge is 2.14. The van der Waals surface area contributed by atoms with E-state index in [1.807, 2.05) is 6.07 Å². The molecule has 1 aromatic heterocycles. The third-order valence-corrected chi connectivity index (χ3v) is 4.82. The maximum atomic E-state index is 12.6. The summed E-state index contributed by atoms with van der Waals surface area (Å²) in [5, 5.41) is 3.26. The summed E-state index contributed by atoms with van der Waals surface area (Å²) in [6.07, 6.45) is 0. The summed E-state index contributed by atoms with van der Waals surface area (Å²) < 4.78 is 11.4. The number of benzene rings is 3. The summed E-state index contributed by atoms with van der Waals surface area (Å²) in [7, 11) is 1.51. The smallest absolute Gasteiger partial charge is 0.347 e. The molecule has 1 heterocycles. The minimum atomic E-state index is -0.440. The van der Waals surface area contributed by atoms with Crippen LogP contribution in [0.3, 0.4) is 0 Å². The van der Waals surface area contributed by atoms with E-state index in [9.17, 15) is 9.59 Å². The van der Waals surface area contributed by atoms with Crippen molar-refractivity contribution in [1.29, 1.82) is 0 Å². The first-order chi connectivity index (χ1) is 14.0. The van der Waals surface area contributed by atoms with E-state index in [1.54, 1.807) is 60.7 Å². The molecule has 0 fully saturated rings. The molecule has 0 aliphatic heterocycles. The van der Waals surface area contributed by atoms with Crippen LogP contribution in [-0.4, -0.2) is 18.0 Å². The number of para-hydroxylation sites is 1. The van der Waals surface area contributed by atoms with Gasteiger partial charge in [0.1, 0.15) is 5.75 Å². The predicted molar refractivity (Wildman–Crippen MR) is 114 cm³/mol. The van der Waals surface area contributed by atoms with Crippen molar-refractivity contribution in [2.75, 3.05) is 12.4 Å². The van der Waals surface area contributed by atoms with Crippen LogP contribution in [0.25, 0.3) is 22.4 Å². The number of hydrogen-bond acceptors (Lipinski definition) is 5. The van der Waals surface area contributed by atoms with Gasteiger partial charge in [-0.05, 0) is 54.6 Å². The standard InChI is InChI=1S/C22H15BrN2O4/c1-28-19-11-8-14(23)12-17(19)20(26)24-15-9-6-13(7-10-15)21-25-18-5-3-2-4-16(18)22(27)29-21/h2-12H,1H3,(H,24,26). The molecule has 3 aromatic carbocycles. The molecule has 0 radical (unpaired) electrons. The molecular formula is C22H15BrN2O4. The van der Waals surface area contributed by atoms with Gasteiger partial charge in [0.05, 0.1) is 23.6 Å². The Balaban J connectivity index is 1.60. The molecule has 0 atom stereocenters. The number of fused-ring (bicyclic) bond motifs is 1. The van der Waals surface area contributed by atoms with Crippen molar-refractivity contribution < 1.29 is 13.9 Å². The first-order valence-corrected chi connectivity index (χ1v) is 9.49. The van der Waals surface area contributed by atoms with Gasteiger partial charge in [0.2, 0.25) is 5.89 Å². The van der Waals surface area contributed by atoms with Crippen molar-refractivity contribution in [3.05, 3.63) is 87.2 Å². The Kier molecular flexibility index (Phi) is 5.14. The second-order valence-electron chi connectivity index (χ2n) is 6.20. The van der Waals surface area contributed by atoms with Crippen molar-refractivity contribution >= 4 is 38.4 Å². The fraction of sp³-hybridized carbons (Fsp3) is 0.0455. The van der Waals surface area contributed by atoms with Crippen LogP contribution in [0.5, 0.6) is 5.75 Å². The number of carbonyl (C=O) groups excluding carboxylic acids is 1. The summed E-state index contributed by atoms with van der Waals surface area (Å²) in [5.74, 6) is 0.399. The first kappa shape index (κ1) is 18.9. The first-order valence-electron chi connectivity index (χ1n) is 8.70. The number of rotatable bonds is 4. The molecule has 144 valence electrons. The average molecular weight is 451 g/mol. The SMILES string of the molecule is COc1ccc(Br)cc1C(=O)Nc1ccc(-c2nc3ccccc3c(=O)o2)cc1. The Bertz CT molecular complexity index is 1270. The van der Waals surface area contributed by atoms with E-state index in [1.165, 1.54) is 7.11 Å². The van der Waals surface area contributed by atoms with Crippen molar-refractivity contribution in [3.8, 4) is 17.2 Å². The largest absolute Gasteiger partial charge is 0.496 e. The number of carbonyl (C=O) groups is 1. The minimum Gasteiger partial charge on any atom is -0.496 e. The summed E-state index contributed by atoms with van der Waals surface area (Å²) in [5.41, 5.74) is 1.76. The van der Waals surface area contributed by atoms with Gasteiger partial charge in [-0.15, -0.1) is 0 Å². The van der Waals surface area contributed by atoms with E-state index < -0.39 is 5.63 Å². The molecule has 4 aromatic rings. The minimum absolute atomic E-state index is 0.222. The number of methoxy groups -OCH3 is 1. The average Bonchev–Trinajstić information content (AvgIpc) is 2.74. The van der Waals surface area contributed by atoms with Crippen LogP contribution in [0.1, 0.15) is 10.4 Å². The van der Waals surface area contributed by atoms with Crippen LogP contribution in [0.2, 0.25) is 0 Å². The number of nitrogens with zero attached hydrogens (tertiary/aromatic N) is 1. The summed E-state index contributed by atoms with van der Waals surface area (Å²) >= 11 is 3.36. The van der Waals surface area contributed by atoms with Crippen LogP contribution >= 0.6 is 15.9 Å². The lowest BCUT2D eigenvalue weighted by molar-refractivity contribution is 0.102. The molecule has 0 bridgehead atoms. The van der Waals surface area contributed by atoms with Crippen LogP contribution in [0.15, 0.2) is 80.4 Å². The zero-order chi connectivity index (χ0) is 20.4. The number of aromatic nitrogens is 1. The number of halogens is 1. The lowest BCUT2D eigenvalue weighted by Crippen LogP contribution is -2.13. The van der Waals surface area contributed by atoms with Gasteiger partial charge in [-0.3, -0.25) is 4.79 Å². The van der Waals surface area contributed by atoms with E-state index in [-0.39, 0.29) is 11.8 Å². The topological polar surface area (TPSA) is 81.4 Å². The monoisotopic (exact) mass is 450 g/mol. The maximum absolute atomic E-state index is 12.6. The molecule has 0 aliphatic carbocycles. The summed E-state index contributed by atoms with van der Waals surface area (Å²) in [4.78, 5) is 29.2. The Morgan fingerprint density at radius 1 is 1.07 bits per heavy atom. The number of nitrogens with one attached hydrogen (secondary N) is 1. The molecule has 7 heteroatoms. The Labute approximate surface area is 174 Å². The van der Waals surface area contributed by atoms with Gasteiger partial charge >= 0.3 is 5.63 Å². The van der Waals surface area contributed by atoms with Crippen molar-refractivity contribution in [2.45, 2.75) is 0 Å². The lowest BCUT2D eigenvalue weighted by Gasteiger charge is -2.10. The second-order valence-corrected chi connectivity index (χ2v) is 7.12. The van der Waals surface area contributed by atoms with Crippen LogP contribution in [0.4, 0.5) is 5.69 Å². The predicted octanol–water partition coefficient (Wildman–Crippen LogP) is 4.88. The maximum Gasteiger partial charge on any atom is 0.347 e. The lowest BCUT2D eigenvalue weighted by atomic mass is 10.1. The van der Waals surface area contributed by atoms with Crippen LogP contribution in [-0.2, 0) is 0 Å². The highest BCUT2D eigenvalue weighted by atomic mass is 79.9. The molecular weight excluding hydrogens is 436 g/mol. The number of ether oxygens (including phenoxy) is 1. The Morgan fingerprint density at radius 3 is 2.59 bits per heavy atom. The highest BCUT2D eigenvalue weighted by molar-refractivity contribution is 9.10. The molecule has 0 aliphatic rings. The Morgan fingerprint density at radius 2 is 1.83 bits per heavy atom. The molecule has 0 saturated heterocycles. The van der Waals surface area contributed by atoms with Gasteiger partial charge in [-0.1, -0.05) is 28.1 Å². The molecule has 29 heavy (non-hydrogen) atoms. The normalized spacial score (nSPS) is 10.7. The number of hydrogen-bond donors (Lipinski definition) is 1. The van der Waals surface area contributed by atoms with Crippen molar-refractivity contribution in [2.24, 2.45) is 0 Å². The third kappa shape index (κ3) is 3.90. The summed E-state index contributed by atoms with van der Waals surface area (Å²) in [6, 6.07) is 19.1. The van der Waals surface area contributed by atoms with E-state index in [2.05, 4.69) is 26.2 Å². The third-order valence-electron chi connectivity index (χ3n) is 4.33. The fourth-order valence-corrected chi connectivity index (χ4v) is 3.26. The zero-order valence-corrected chi connectivity index (χ0v) is 16.9. The van der Waals surface area contributed by atoms with E-state index >= 15 is 0 Å². The van der Waals surface area contributed by atoms with Gasteiger partial charge < -0.3 is 14.5 Å². The van der Waals surface area contributed by atoms with Gasteiger partial charge in [0, 0.05) is 15.7 Å². The number of amides is 1. The molecule has 1 amide bonds. The molecule has 0 unspecified atom stereocenters. The summed E-state index contributed by atoms with van der Waals surface area (Å²) in [6.45, 7) is 0. The molecule has 0 saturated carbocycles. The van der Waals surface area contributed by atoms with Gasteiger partial charge in [-0.25, -0.2) is 9.78 Å². The van der Waals surface area contributed by atoms with E-state index in [4.69, 9.17) is 9.15 Å². The van der Waals surface area contributed by atoms with Gasteiger partial charge in [0.15, 0.2) is 0 Å². The second kappa shape index (κ2) is 7.89. The van der Waals surface area contributed by atoms with Crippen molar-refractivity contribution in [3.63, 3.8) is 0 Å². The van der Waals surface area contributed by atoms with Gasteiger partial charge in [-0.2, -0.15) is 0 Å². The van der Waals surface area contributed by atoms with E-state index in [0.717, 1.165) is 4.47 Å². The Hall–Kier alpha value is -3.45. The molecule has 0 spiro atoms.